The van der Waals surface area contributed by atoms with Crippen LogP contribution >= 0.6 is 23.2 Å². The highest BCUT2D eigenvalue weighted by atomic mass is 35.5. The Morgan fingerprint density at radius 1 is 1.12 bits per heavy atom. The standard InChI is InChI=1S/C31H28Cl2N4O5/c1-37-26-13-17(6-11-21(26)29(36-37)31(40)41)5-7-19-14-20(10-12-25(19)35-16-38)42-15-22(30(39)18-8-9-18)28(34)27-23(32)3-2-4-24(27)33/h2-4,6,10-14,16,18H,5,7-9,15,34H2,1H3,(H,35,38)(H,40,41). The summed E-state index contributed by atoms with van der Waals surface area (Å²) >= 11 is 12.8. The molecule has 11 heteroatoms. The molecule has 1 aromatic heterocycles. The van der Waals surface area contributed by atoms with Gasteiger partial charge in [-0.25, -0.2) is 4.79 Å². The maximum Gasteiger partial charge on any atom is 0.357 e. The van der Waals surface area contributed by atoms with Crippen LogP contribution in [0.25, 0.3) is 16.6 Å². The third-order valence-corrected chi connectivity index (χ3v) is 7.91. The van der Waals surface area contributed by atoms with Gasteiger partial charge in [-0.2, -0.15) is 5.10 Å². The van der Waals surface area contributed by atoms with Gasteiger partial charge in [0.15, 0.2) is 11.5 Å². The third-order valence-electron chi connectivity index (χ3n) is 7.28. The second-order valence-electron chi connectivity index (χ2n) is 10.1. The van der Waals surface area contributed by atoms with Crippen molar-refractivity contribution in [2.24, 2.45) is 18.7 Å². The molecule has 4 aromatic rings. The van der Waals surface area contributed by atoms with E-state index in [1.807, 2.05) is 18.2 Å². The second-order valence-corrected chi connectivity index (χ2v) is 10.9. The average Bonchev–Trinajstić information content (AvgIpc) is 3.76. The summed E-state index contributed by atoms with van der Waals surface area (Å²) in [6, 6.07) is 15.8. The Labute approximate surface area is 251 Å². The topological polar surface area (TPSA) is 137 Å². The lowest BCUT2D eigenvalue weighted by molar-refractivity contribution is -0.117. The predicted octanol–water partition coefficient (Wildman–Crippen LogP) is 5.66. The van der Waals surface area contributed by atoms with E-state index in [1.54, 1.807) is 48.1 Å². The number of benzene rings is 3. The number of halogens is 2. The lowest BCUT2D eigenvalue weighted by atomic mass is 10.0. The van der Waals surface area contributed by atoms with Gasteiger partial charge in [0.25, 0.3) is 0 Å². The number of rotatable bonds is 12. The van der Waals surface area contributed by atoms with Crippen molar-refractivity contribution in [3.05, 3.63) is 92.6 Å². The minimum absolute atomic E-state index is 0.00685. The SMILES string of the molecule is Cn1nc(C(=O)O)c2ccc(CCc3cc(OCC(C(=O)C4CC4)=C(N)c4c(Cl)cccc4Cl)ccc3NC=O)cc21. The van der Waals surface area contributed by atoms with Gasteiger partial charge in [0, 0.05) is 29.6 Å². The minimum atomic E-state index is -1.08. The third kappa shape index (κ3) is 6.12. The van der Waals surface area contributed by atoms with Gasteiger partial charge >= 0.3 is 5.97 Å². The number of Topliss-reactive ketones (excluding diaryl/α,β-unsaturated/α-hetero) is 1. The number of nitrogens with zero attached hydrogens (tertiary/aromatic N) is 2. The van der Waals surface area contributed by atoms with E-state index in [9.17, 15) is 19.5 Å². The van der Waals surface area contributed by atoms with Gasteiger partial charge in [0.05, 0.1) is 26.8 Å². The number of nitrogens with one attached hydrogen (secondary N) is 1. The Morgan fingerprint density at radius 3 is 2.52 bits per heavy atom. The number of hydrogen-bond acceptors (Lipinski definition) is 6. The van der Waals surface area contributed by atoms with Gasteiger partial charge in [-0.3, -0.25) is 14.3 Å². The van der Waals surface area contributed by atoms with Crippen molar-refractivity contribution in [3.63, 3.8) is 0 Å². The summed E-state index contributed by atoms with van der Waals surface area (Å²) in [4.78, 5) is 36.0. The zero-order valence-electron chi connectivity index (χ0n) is 22.7. The zero-order chi connectivity index (χ0) is 30.0. The number of fused-ring (bicyclic) bond motifs is 1. The summed E-state index contributed by atoms with van der Waals surface area (Å²) < 4.78 is 7.63. The first-order valence-electron chi connectivity index (χ1n) is 13.3. The van der Waals surface area contributed by atoms with E-state index in [4.69, 9.17) is 33.7 Å². The number of aromatic nitrogens is 2. The Morgan fingerprint density at radius 2 is 1.86 bits per heavy atom. The number of carbonyl (C=O) groups is 3. The maximum atomic E-state index is 13.2. The molecule has 1 aliphatic carbocycles. The van der Waals surface area contributed by atoms with Crippen LogP contribution in [0.1, 0.15) is 40.0 Å². The molecule has 0 saturated heterocycles. The van der Waals surface area contributed by atoms with Crippen LogP contribution in [-0.4, -0.2) is 39.7 Å². The highest BCUT2D eigenvalue weighted by Crippen LogP contribution is 2.36. The Kier molecular flexibility index (Phi) is 8.51. The Balaban J connectivity index is 1.39. The van der Waals surface area contributed by atoms with Crippen LogP contribution < -0.4 is 15.8 Å². The number of carboxylic acid groups (broad SMARTS) is 1. The van der Waals surface area contributed by atoms with Crippen molar-refractivity contribution in [2.75, 3.05) is 11.9 Å². The number of aromatic carboxylic acids is 1. The van der Waals surface area contributed by atoms with Crippen molar-refractivity contribution in [3.8, 4) is 5.75 Å². The number of nitrogens with two attached hydrogens (primary N) is 1. The predicted molar refractivity (Wildman–Crippen MR) is 162 cm³/mol. The molecule has 1 saturated carbocycles. The van der Waals surface area contributed by atoms with Gasteiger partial charge < -0.3 is 20.9 Å². The molecule has 0 spiro atoms. The first-order valence-corrected chi connectivity index (χ1v) is 14.1. The molecule has 0 radical (unpaired) electrons. The fourth-order valence-electron chi connectivity index (χ4n) is 4.90. The van der Waals surface area contributed by atoms with Crippen molar-refractivity contribution in [1.82, 2.24) is 9.78 Å². The number of carbonyl (C=O) groups excluding carboxylic acids is 2. The molecule has 1 aliphatic rings. The molecule has 0 atom stereocenters. The van der Waals surface area contributed by atoms with E-state index >= 15 is 0 Å². The molecular formula is C31H28Cl2N4O5. The normalized spacial score (nSPS) is 13.5. The van der Waals surface area contributed by atoms with Crippen molar-refractivity contribution >= 4 is 63.7 Å². The highest BCUT2D eigenvalue weighted by Gasteiger charge is 2.34. The fraction of sp³-hybridized carbons (Fsp3) is 0.226. The van der Waals surface area contributed by atoms with Crippen LogP contribution in [0.5, 0.6) is 5.75 Å². The lowest BCUT2D eigenvalue weighted by Crippen LogP contribution is -2.18. The Bertz CT molecular complexity index is 1720. The van der Waals surface area contributed by atoms with Crippen LogP contribution in [0.3, 0.4) is 0 Å². The number of hydrogen-bond donors (Lipinski definition) is 3. The molecule has 42 heavy (non-hydrogen) atoms. The monoisotopic (exact) mass is 606 g/mol. The minimum Gasteiger partial charge on any atom is -0.489 e. The molecular weight excluding hydrogens is 579 g/mol. The summed E-state index contributed by atoms with van der Waals surface area (Å²) in [7, 11) is 1.70. The number of ketones is 1. The van der Waals surface area contributed by atoms with Crippen LogP contribution in [0, 0.1) is 5.92 Å². The van der Waals surface area contributed by atoms with Gasteiger partial charge in [0.1, 0.15) is 12.4 Å². The quantitative estimate of drug-likeness (QED) is 0.140. The molecule has 3 aromatic carbocycles. The van der Waals surface area contributed by atoms with E-state index in [-0.39, 0.29) is 29.7 Å². The number of anilines is 1. The molecule has 1 amide bonds. The molecule has 0 aliphatic heterocycles. The summed E-state index contributed by atoms with van der Waals surface area (Å²) in [5.41, 5.74) is 10.5. The maximum absolute atomic E-state index is 13.2. The van der Waals surface area contributed by atoms with Crippen molar-refractivity contribution in [2.45, 2.75) is 25.7 Å². The smallest absolute Gasteiger partial charge is 0.357 e. The van der Waals surface area contributed by atoms with Gasteiger partial charge in [0.2, 0.25) is 6.41 Å². The molecule has 1 fully saturated rings. The lowest BCUT2D eigenvalue weighted by Gasteiger charge is -2.16. The summed E-state index contributed by atoms with van der Waals surface area (Å²) in [6.07, 6.45) is 3.35. The van der Waals surface area contributed by atoms with E-state index in [1.165, 1.54) is 0 Å². The summed E-state index contributed by atoms with van der Waals surface area (Å²) in [5, 5.41) is 17.5. The largest absolute Gasteiger partial charge is 0.489 e. The fourth-order valence-corrected chi connectivity index (χ4v) is 5.50. The average molecular weight is 607 g/mol. The zero-order valence-corrected chi connectivity index (χ0v) is 24.2. The molecule has 1 heterocycles. The summed E-state index contributed by atoms with van der Waals surface area (Å²) in [5.74, 6) is -0.766. The highest BCUT2D eigenvalue weighted by molar-refractivity contribution is 6.37. The van der Waals surface area contributed by atoms with Crippen molar-refractivity contribution < 1.29 is 24.2 Å². The van der Waals surface area contributed by atoms with Crippen LogP contribution in [0.2, 0.25) is 10.0 Å². The van der Waals surface area contributed by atoms with E-state index < -0.39 is 5.97 Å². The van der Waals surface area contributed by atoms with Crippen LogP contribution in [0.4, 0.5) is 5.69 Å². The first-order chi connectivity index (χ1) is 20.2. The molecule has 0 unspecified atom stereocenters. The van der Waals surface area contributed by atoms with Crippen LogP contribution in [-0.2, 0) is 29.5 Å². The van der Waals surface area contributed by atoms with E-state index in [2.05, 4.69) is 10.4 Å². The van der Waals surface area contributed by atoms with Gasteiger partial charge in [-0.15, -0.1) is 0 Å². The molecule has 0 bridgehead atoms. The van der Waals surface area contributed by atoms with Crippen molar-refractivity contribution in [1.29, 1.82) is 0 Å². The second kappa shape index (κ2) is 12.3. The molecule has 5 rings (SSSR count). The van der Waals surface area contributed by atoms with E-state index in [0.717, 1.165) is 24.0 Å². The number of amides is 1. The van der Waals surface area contributed by atoms with E-state index in [0.29, 0.717) is 62.8 Å². The summed E-state index contributed by atoms with van der Waals surface area (Å²) in [6.45, 7) is -0.0777. The van der Waals surface area contributed by atoms with Gasteiger partial charge in [-0.05, 0) is 73.2 Å². The number of aryl methyl sites for hydroxylation is 3. The Hall–Kier alpha value is -4.34. The molecule has 216 valence electrons. The molecule has 4 N–H and O–H groups in total. The first kappa shape index (κ1) is 29.2. The van der Waals surface area contributed by atoms with Crippen LogP contribution in [0.15, 0.2) is 60.2 Å². The molecule has 9 nitrogen and oxygen atoms in total. The number of ether oxygens (including phenoxy) is 1. The number of carboxylic acids is 1. The van der Waals surface area contributed by atoms with Gasteiger partial charge in [-0.1, -0.05) is 41.4 Å².